The van der Waals surface area contributed by atoms with Crippen molar-refractivity contribution >= 4 is 0 Å². The summed E-state index contributed by atoms with van der Waals surface area (Å²) < 4.78 is 0. The molecule has 0 radical (unpaired) electrons. The molecule has 3 rings (SSSR count). The molecule has 1 aliphatic rings. The Kier molecular flexibility index (Phi) is 4.43. The molecule has 110 valence electrons. The summed E-state index contributed by atoms with van der Waals surface area (Å²) in [6, 6.07) is 15.7. The molecule has 0 saturated heterocycles. The maximum Gasteiger partial charge on any atom is 0.00953 e. The summed E-state index contributed by atoms with van der Waals surface area (Å²) in [5.41, 5.74) is 7.62. The van der Waals surface area contributed by atoms with Crippen LogP contribution in [0, 0.1) is 13.8 Å². The van der Waals surface area contributed by atoms with Gasteiger partial charge in [-0.15, -0.1) is 0 Å². The van der Waals surface area contributed by atoms with Gasteiger partial charge in [0.2, 0.25) is 0 Å². The topological polar surface area (TPSA) is 0 Å². The second-order valence-electron chi connectivity index (χ2n) is 6.56. The van der Waals surface area contributed by atoms with Gasteiger partial charge in [-0.1, -0.05) is 67.3 Å². The van der Waals surface area contributed by atoms with E-state index < -0.39 is 0 Å². The van der Waals surface area contributed by atoms with Crippen molar-refractivity contribution in [2.45, 2.75) is 58.3 Å². The number of fused-ring (bicyclic) bond motifs is 1. The Hall–Kier alpha value is -1.56. The third-order valence-electron chi connectivity index (χ3n) is 4.86. The van der Waals surface area contributed by atoms with Crippen LogP contribution in [0.4, 0.5) is 0 Å². The zero-order valence-corrected chi connectivity index (χ0v) is 13.4. The normalized spacial score (nSPS) is 15.8. The van der Waals surface area contributed by atoms with E-state index in [0.29, 0.717) is 0 Å². The minimum Gasteiger partial charge on any atom is -0.0620 e. The summed E-state index contributed by atoms with van der Waals surface area (Å²) in [5, 5.41) is 0. The Labute approximate surface area is 129 Å². The average molecular weight is 278 g/mol. The summed E-state index contributed by atoms with van der Waals surface area (Å²) in [6.45, 7) is 4.42. The van der Waals surface area contributed by atoms with Crippen LogP contribution in [0.1, 0.15) is 65.8 Å². The SMILES string of the molecule is Cc1ccc2c(c1)C2CCCCCCc1ccccc1C. The van der Waals surface area contributed by atoms with Crippen LogP contribution < -0.4 is 0 Å². The number of hydrogen-bond donors (Lipinski definition) is 0. The van der Waals surface area contributed by atoms with E-state index in [1.165, 1.54) is 55.2 Å². The van der Waals surface area contributed by atoms with Crippen molar-refractivity contribution in [2.75, 3.05) is 0 Å². The Morgan fingerprint density at radius 2 is 1.62 bits per heavy atom. The van der Waals surface area contributed by atoms with Gasteiger partial charge in [-0.05, 0) is 55.4 Å². The lowest BCUT2D eigenvalue weighted by Crippen LogP contribution is -1.89. The average Bonchev–Trinajstić information content (AvgIpc) is 3.16. The molecule has 1 unspecified atom stereocenters. The third-order valence-corrected chi connectivity index (χ3v) is 4.86. The molecule has 0 nitrogen and oxygen atoms in total. The first kappa shape index (κ1) is 14.4. The Morgan fingerprint density at radius 3 is 2.43 bits per heavy atom. The van der Waals surface area contributed by atoms with Crippen molar-refractivity contribution < 1.29 is 0 Å². The first-order valence-corrected chi connectivity index (χ1v) is 8.40. The molecular formula is C21H26. The van der Waals surface area contributed by atoms with Crippen molar-refractivity contribution in [1.29, 1.82) is 0 Å². The largest absolute Gasteiger partial charge is 0.0620 e. The van der Waals surface area contributed by atoms with Gasteiger partial charge in [0, 0.05) is 5.92 Å². The van der Waals surface area contributed by atoms with Crippen molar-refractivity contribution in [3.8, 4) is 0 Å². The molecule has 2 aromatic carbocycles. The van der Waals surface area contributed by atoms with Gasteiger partial charge in [-0.25, -0.2) is 0 Å². The molecule has 1 atom stereocenters. The lowest BCUT2D eigenvalue weighted by atomic mass is 10.0. The Balaban J connectivity index is 1.31. The van der Waals surface area contributed by atoms with Crippen LogP contribution in [0.2, 0.25) is 0 Å². The van der Waals surface area contributed by atoms with E-state index in [0.717, 1.165) is 5.92 Å². The van der Waals surface area contributed by atoms with E-state index in [9.17, 15) is 0 Å². The fraction of sp³-hybridized carbons (Fsp3) is 0.429. The predicted octanol–water partition coefficient (Wildman–Crippen LogP) is 5.94. The van der Waals surface area contributed by atoms with Gasteiger partial charge in [0.1, 0.15) is 0 Å². The molecule has 0 saturated carbocycles. The van der Waals surface area contributed by atoms with E-state index in [1.54, 1.807) is 11.1 Å². The first-order chi connectivity index (χ1) is 10.3. The smallest absolute Gasteiger partial charge is 0.00953 e. The molecule has 0 heterocycles. The standard InChI is InChI=1S/C21H26/c1-16-13-14-20-19(21(20)15-16)12-6-4-3-5-10-18-11-8-7-9-17(18)2/h7-9,11,13-15,19H,3-6,10,12H2,1-2H3. The zero-order chi connectivity index (χ0) is 14.7. The molecule has 0 heteroatoms. The van der Waals surface area contributed by atoms with Crippen LogP contribution >= 0.6 is 0 Å². The van der Waals surface area contributed by atoms with Crippen LogP contribution in [0.15, 0.2) is 42.5 Å². The lowest BCUT2D eigenvalue weighted by Gasteiger charge is -2.05. The van der Waals surface area contributed by atoms with E-state index >= 15 is 0 Å². The predicted molar refractivity (Wildman–Crippen MR) is 91.0 cm³/mol. The molecule has 2 aromatic rings. The molecule has 0 bridgehead atoms. The number of benzene rings is 2. The quantitative estimate of drug-likeness (QED) is 0.550. The molecule has 0 aromatic heterocycles. The van der Waals surface area contributed by atoms with Crippen LogP contribution in [0.25, 0.3) is 0 Å². The van der Waals surface area contributed by atoms with Crippen LogP contribution in [0.3, 0.4) is 0 Å². The van der Waals surface area contributed by atoms with Gasteiger partial charge >= 0.3 is 0 Å². The fourth-order valence-corrected chi connectivity index (χ4v) is 3.44. The minimum absolute atomic E-state index is 0.801. The number of aryl methyl sites for hydroxylation is 3. The number of unbranched alkanes of at least 4 members (excludes halogenated alkanes) is 3. The van der Waals surface area contributed by atoms with Crippen molar-refractivity contribution in [1.82, 2.24) is 0 Å². The second-order valence-corrected chi connectivity index (χ2v) is 6.56. The van der Waals surface area contributed by atoms with Gasteiger partial charge in [0.15, 0.2) is 0 Å². The van der Waals surface area contributed by atoms with Gasteiger partial charge in [-0.2, -0.15) is 0 Å². The van der Waals surface area contributed by atoms with E-state index in [-0.39, 0.29) is 0 Å². The molecule has 1 aliphatic carbocycles. The van der Waals surface area contributed by atoms with Crippen molar-refractivity contribution in [3.05, 3.63) is 70.3 Å². The van der Waals surface area contributed by atoms with Crippen molar-refractivity contribution in [3.63, 3.8) is 0 Å². The maximum atomic E-state index is 2.37. The summed E-state index contributed by atoms with van der Waals surface area (Å²) >= 11 is 0. The Morgan fingerprint density at radius 1 is 0.810 bits per heavy atom. The van der Waals surface area contributed by atoms with Gasteiger partial charge < -0.3 is 0 Å². The Bertz CT molecular complexity index is 609. The van der Waals surface area contributed by atoms with E-state index in [1.807, 2.05) is 0 Å². The number of rotatable bonds is 7. The maximum absolute atomic E-state index is 2.37. The molecular weight excluding hydrogens is 252 g/mol. The van der Waals surface area contributed by atoms with Gasteiger partial charge in [0.05, 0.1) is 0 Å². The fourth-order valence-electron chi connectivity index (χ4n) is 3.44. The monoisotopic (exact) mass is 278 g/mol. The molecule has 21 heavy (non-hydrogen) atoms. The summed E-state index contributed by atoms with van der Waals surface area (Å²) in [7, 11) is 0. The highest BCUT2D eigenvalue weighted by Gasteiger charge is 2.30. The highest BCUT2D eigenvalue weighted by atomic mass is 14.3. The second kappa shape index (κ2) is 6.47. The number of hydrogen-bond acceptors (Lipinski definition) is 0. The van der Waals surface area contributed by atoms with E-state index in [2.05, 4.69) is 56.3 Å². The van der Waals surface area contributed by atoms with Crippen LogP contribution in [-0.2, 0) is 6.42 Å². The highest BCUT2D eigenvalue weighted by Crippen LogP contribution is 2.47. The molecule has 0 fully saturated rings. The first-order valence-electron chi connectivity index (χ1n) is 8.40. The lowest BCUT2D eigenvalue weighted by molar-refractivity contribution is 0.609. The van der Waals surface area contributed by atoms with Crippen LogP contribution in [-0.4, -0.2) is 0 Å². The highest BCUT2D eigenvalue weighted by molar-refractivity contribution is 5.53. The molecule has 0 N–H and O–H groups in total. The third kappa shape index (κ3) is 3.56. The minimum atomic E-state index is 0.801. The zero-order valence-electron chi connectivity index (χ0n) is 13.4. The van der Waals surface area contributed by atoms with Crippen molar-refractivity contribution in [2.24, 2.45) is 0 Å². The van der Waals surface area contributed by atoms with Gasteiger partial charge in [-0.3, -0.25) is 0 Å². The molecule has 0 amide bonds. The van der Waals surface area contributed by atoms with Crippen LogP contribution in [0.5, 0.6) is 0 Å². The molecule has 0 aliphatic heterocycles. The van der Waals surface area contributed by atoms with E-state index in [4.69, 9.17) is 0 Å². The summed E-state index contributed by atoms with van der Waals surface area (Å²) in [6.07, 6.45) is 8.08. The summed E-state index contributed by atoms with van der Waals surface area (Å²) in [4.78, 5) is 0. The van der Waals surface area contributed by atoms with Gasteiger partial charge in [0.25, 0.3) is 0 Å². The molecule has 0 spiro atoms. The summed E-state index contributed by atoms with van der Waals surface area (Å²) in [5.74, 6) is 0.801.